The van der Waals surface area contributed by atoms with Gasteiger partial charge in [0.25, 0.3) is 0 Å². The van der Waals surface area contributed by atoms with Gasteiger partial charge in [-0.25, -0.2) is 4.79 Å². The maximum atomic E-state index is 11.8. The van der Waals surface area contributed by atoms with Gasteiger partial charge in [0.05, 0.1) is 12.7 Å². The molecule has 22 heavy (non-hydrogen) atoms. The van der Waals surface area contributed by atoms with E-state index >= 15 is 0 Å². The molecule has 4 nitrogen and oxygen atoms in total. The topological polar surface area (TPSA) is 32.8 Å². The molecule has 1 atom stereocenters. The number of esters is 1. The summed E-state index contributed by atoms with van der Waals surface area (Å²) in [4.78, 5) is 17.8. The second-order valence-electron chi connectivity index (χ2n) is 5.89. The van der Waals surface area contributed by atoms with Crippen LogP contribution >= 0.6 is 11.3 Å². The maximum Gasteiger partial charge on any atom is 0.338 e. The lowest BCUT2D eigenvalue weighted by atomic mass is 10.0. The highest BCUT2D eigenvalue weighted by Gasteiger charge is 2.26. The molecule has 122 valence electrons. The van der Waals surface area contributed by atoms with Crippen molar-refractivity contribution < 1.29 is 9.53 Å². The van der Waals surface area contributed by atoms with Crippen molar-refractivity contribution in [3.05, 3.63) is 33.2 Å². The fourth-order valence-electron chi connectivity index (χ4n) is 3.04. The van der Waals surface area contributed by atoms with Crippen molar-refractivity contribution in [1.29, 1.82) is 0 Å². The third-order valence-corrected chi connectivity index (χ3v) is 5.59. The van der Waals surface area contributed by atoms with Crippen LogP contribution in [0.15, 0.2) is 17.2 Å². The van der Waals surface area contributed by atoms with E-state index in [1.54, 1.807) is 11.3 Å². The van der Waals surface area contributed by atoms with E-state index in [0.29, 0.717) is 11.6 Å². The molecule has 0 unspecified atom stereocenters. The van der Waals surface area contributed by atoms with E-state index in [1.807, 2.05) is 12.3 Å². The number of thiophene rings is 1. The number of carbonyl (C=O) groups is 1. The van der Waals surface area contributed by atoms with Gasteiger partial charge in [-0.2, -0.15) is 0 Å². The first-order valence-electron chi connectivity index (χ1n) is 7.76. The summed E-state index contributed by atoms with van der Waals surface area (Å²) in [5.74, 6) is -0.233. The molecule has 0 spiro atoms. The van der Waals surface area contributed by atoms with Crippen LogP contribution in [0, 0.1) is 6.92 Å². The van der Waals surface area contributed by atoms with Crippen molar-refractivity contribution in [3.63, 3.8) is 0 Å². The predicted octanol–water partition coefficient (Wildman–Crippen LogP) is 3.45. The van der Waals surface area contributed by atoms with Crippen molar-refractivity contribution >= 4 is 17.3 Å². The Bertz CT molecular complexity index is 563. The molecule has 5 heteroatoms. The molecule has 0 saturated heterocycles. The summed E-state index contributed by atoms with van der Waals surface area (Å²) in [6.07, 6.45) is 4.45. The van der Waals surface area contributed by atoms with Crippen LogP contribution < -0.4 is 0 Å². The highest BCUT2D eigenvalue weighted by molar-refractivity contribution is 7.10. The van der Waals surface area contributed by atoms with E-state index in [9.17, 15) is 4.79 Å². The van der Waals surface area contributed by atoms with Gasteiger partial charge in [-0.05, 0) is 25.3 Å². The van der Waals surface area contributed by atoms with Crippen LogP contribution in [0.3, 0.4) is 0 Å². The number of hydrogen-bond acceptors (Lipinski definition) is 5. The van der Waals surface area contributed by atoms with Gasteiger partial charge in [0.2, 0.25) is 0 Å². The number of rotatable bonds is 5. The molecule has 0 N–H and O–H groups in total. The van der Waals surface area contributed by atoms with Gasteiger partial charge in [0.1, 0.15) is 0 Å². The number of methoxy groups -OCH3 is 1. The van der Waals surface area contributed by atoms with Crippen molar-refractivity contribution in [1.82, 2.24) is 9.80 Å². The van der Waals surface area contributed by atoms with Gasteiger partial charge in [-0.1, -0.05) is 13.0 Å². The minimum absolute atomic E-state index is 0.233. The van der Waals surface area contributed by atoms with Gasteiger partial charge in [0.15, 0.2) is 0 Å². The lowest BCUT2D eigenvalue weighted by Gasteiger charge is -2.35. The fraction of sp³-hybridized carbons (Fsp3) is 0.588. The van der Waals surface area contributed by atoms with Gasteiger partial charge >= 0.3 is 5.97 Å². The lowest BCUT2D eigenvalue weighted by Crippen LogP contribution is -2.34. The van der Waals surface area contributed by atoms with Gasteiger partial charge in [0, 0.05) is 49.2 Å². The largest absolute Gasteiger partial charge is 0.465 e. The van der Waals surface area contributed by atoms with Crippen molar-refractivity contribution in [2.75, 3.05) is 34.3 Å². The molecule has 0 aliphatic carbocycles. The molecule has 2 rings (SSSR count). The molecule has 1 aliphatic heterocycles. The first-order chi connectivity index (χ1) is 10.5. The monoisotopic (exact) mass is 322 g/mol. The van der Waals surface area contributed by atoms with E-state index in [2.05, 4.69) is 36.9 Å². The van der Waals surface area contributed by atoms with E-state index in [4.69, 9.17) is 4.74 Å². The van der Waals surface area contributed by atoms with Crippen LogP contribution in [0.5, 0.6) is 0 Å². The first-order valence-corrected chi connectivity index (χ1v) is 8.64. The minimum atomic E-state index is -0.233. The summed E-state index contributed by atoms with van der Waals surface area (Å²) in [6.45, 7) is 6.28. The Balaban J connectivity index is 2.20. The van der Waals surface area contributed by atoms with Gasteiger partial charge in [-0.15, -0.1) is 11.3 Å². The zero-order chi connectivity index (χ0) is 16.3. The zero-order valence-corrected chi connectivity index (χ0v) is 15.0. The molecule has 0 bridgehead atoms. The Kier molecular flexibility index (Phi) is 5.64. The second kappa shape index (κ2) is 7.29. The highest BCUT2D eigenvalue weighted by atomic mass is 32.1. The smallest absolute Gasteiger partial charge is 0.338 e. The third kappa shape index (κ3) is 3.36. The van der Waals surface area contributed by atoms with Crippen molar-refractivity contribution in [3.8, 4) is 0 Å². The SMILES string of the molecule is CC[C@@H](c1scc(C(=O)OC)c1C)N1CC=C(N(C)C)CC1. The predicted molar refractivity (Wildman–Crippen MR) is 91.4 cm³/mol. The second-order valence-corrected chi connectivity index (χ2v) is 6.80. The van der Waals surface area contributed by atoms with Crippen LogP contribution in [0.1, 0.15) is 46.6 Å². The third-order valence-electron chi connectivity index (χ3n) is 4.40. The van der Waals surface area contributed by atoms with Crippen LogP contribution in [0.25, 0.3) is 0 Å². The lowest BCUT2D eigenvalue weighted by molar-refractivity contribution is 0.0600. The Morgan fingerprint density at radius 2 is 2.23 bits per heavy atom. The Morgan fingerprint density at radius 1 is 1.50 bits per heavy atom. The molecule has 0 amide bonds. The highest BCUT2D eigenvalue weighted by Crippen LogP contribution is 2.35. The number of carbonyl (C=O) groups excluding carboxylic acids is 1. The van der Waals surface area contributed by atoms with E-state index in [-0.39, 0.29) is 5.97 Å². The molecular formula is C17H26N2O2S. The molecule has 2 heterocycles. The summed E-state index contributed by atoms with van der Waals surface area (Å²) < 4.78 is 4.87. The average molecular weight is 322 g/mol. The number of nitrogens with zero attached hydrogens (tertiary/aromatic N) is 2. The molecule has 1 aromatic heterocycles. The molecule has 0 aromatic carbocycles. The number of ether oxygens (including phenoxy) is 1. The first kappa shape index (κ1) is 17.0. The summed E-state index contributed by atoms with van der Waals surface area (Å²) >= 11 is 1.68. The maximum absolute atomic E-state index is 11.8. The average Bonchev–Trinajstić information content (AvgIpc) is 2.90. The van der Waals surface area contributed by atoms with Crippen LogP contribution in [-0.2, 0) is 4.74 Å². The van der Waals surface area contributed by atoms with Crippen LogP contribution in [-0.4, -0.2) is 50.1 Å². The van der Waals surface area contributed by atoms with Gasteiger partial charge < -0.3 is 9.64 Å². The zero-order valence-electron chi connectivity index (χ0n) is 14.2. The molecule has 1 aromatic rings. The summed E-state index contributed by atoms with van der Waals surface area (Å²) in [7, 11) is 5.64. The standard InChI is InChI=1S/C17H26N2O2S/c1-6-15(19-9-7-13(8-10-19)18(3)4)16-12(2)14(11-22-16)17(20)21-5/h7,11,15H,6,8-10H2,1-5H3/t15-/m0/s1. The summed E-state index contributed by atoms with van der Waals surface area (Å²) in [5, 5.41) is 1.93. The molecule has 0 fully saturated rings. The minimum Gasteiger partial charge on any atom is -0.465 e. The Morgan fingerprint density at radius 3 is 2.73 bits per heavy atom. The Labute approximate surface area is 137 Å². The molecule has 0 radical (unpaired) electrons. The fourth-order valence-corrected chi connectivity index (χ4v) is 4.32. The van der Waals surface area contributed by atoms with E-state index in [0.717, 1.165) is 31.5 Å². The van der Waals surface area contributed by atoms with E-state index < -0.39 is 0 Å². The molecule has 0 saturated carbocycles. The Hall–Kier alpha value is -1.33. The van der Waals surface area contributed by atoms with E-state index in [1.165, 1.54) is 17.7 Å². The van der Waals surface area contributed by atoms with Crippen LogP contribution in [0.2, 0.25) is 0 Å². The van der Waals surface area contributed by atoms with Gasteiger partial charge in [-0.3, -0.25) is 4.90 Å². The quantitative estimate of drug-likeness (QED) is 0.778. The molecular weight excluding hydrogens is 296 g/mol. The number of hydrogen-bond donors (Lipinski definition) is 0. The molecule has 1 aliphatic rings. The van der Waals surface area contributed by atoms with Crippen molar-refractivity contribution in [2.24, 2.45) is 0 Å². The van der Waals surface area contributed by atoms with Crippen molar-refractivity contribution in [2.45, 2.75) is 32.7 Å². The normalized spacial score (nSPS) is 17.0. The van der Waals surface area contributed by atoms with Crippen LogP contribution in [0.4, 0.5) is 0 Å². The summed E-state index contributed by atoms with van der Waals surface area (Å²) in [6, 6.07) is 0.378. The summed E-state index contributed by atoms with van der Waals surface area (Å²) in [5.41, 5.74) is 3.19.